The maximum absolute atomic E-state index is 13.6. The Morgan fingerprint density at radius 2 is 1.79 bits per heavy atom. The lowest BCUT2D eigenvalue weighted by atomic mass is 10.1. The van der Waals surface area contributed by atoms with Crippen LogP contribution in [0.15, 0.2) is 78.2 Å². The number of hydrogen-bond donors (Lipinski definition) is 1. The van der Waals surface area contributed by atoms with E-state index in [0.29, 0.717) is 22.7 Å². The first kappa shape index (κ1) is 27.1. The van der Waals surface area contributed by atoms with E-state index in [-0.39, 0.29) is 23.8 Å². The van der Waals surface area contributed by atoms with Gasteiger partial charge in [-0.2, -0.15) is 17.5 Å². The van der Waals surface area contributed by atoms with Crippen LogP contribution in [0.1, 0.15) is 18.1 Å². The molecule has 0 unspecified atom stereocenters. The Bertz CT molecular complexity index is 1500. The monoisotopic (exact) mass is 545 g/mol. The molecule has 38 heavy (non-hydrogen) atoms. The standard InChI is InChI=1S/C26H26F3N5O3S/c1-4-34(15-18-5-8-20(37-3)9-6-18)38(35,36)21-10-11-23(22(13-21)24-16-33(2)17-31-24)32-25-12-7-19(14-30-25)26(27,28)29/h5-14,16-17H,4,15H2,1-3H3,(H,30,32). The van der Waals surface area contributed by atoms with E-state index < -0.39 is 21.8 Å². The predicted octanol–water partition coefficient (Wildman–Crippen LogP) is 5.46. The predicted molar refractivity (Wildman–Crippen MR) is 137 cm³/mol. The van der Waals surface area contributed by atoms with Gasteiger partial charge < -0.3 is 14.6 Å². The van der Waals surface area contributed by atoms with Crippen molar-refractivity contribution in [2.75, 3.05) is 19.0 Å². The molecule has 2 aromatic heterocycles. The number of alkyl halides is 3. The van der Waals surface area contributed by atoms with Crippen LogP contribution in [0.3, 0.4) is 0 Å². The molecule has 2 aromatic carbocycles. The van der Waals surface area contributed by atoms with E-state index >= 15 is 0 Å². The van der Waals surface area contributed by atoms with Gasteiger partial charge in [0, 0.05) is 43.8 Å². The maximum Gasteiger partial charge on any atom is 0.417 e. The summed E-state index contributed by atoms with van der Waals surface area (Å²) in [5, 5.41) is 2.98. The zero-order chi connectivity index (χ0) is 27.5. The number of nitrogens with zero attached hydrogens (tertiary/aromatic N) is 4. The number of halogens is 3. The third kappa shape index (κ3) is 5.97. The Morgan fingerprint density at radius 1 is 1.05 bits per heavy atom. The van der Waals surface area contributed by atoms with Crippen molar-refractivity contribution < 1.29 is 26.3 Å². The number of anilines is 2. The Hall–Kier alpha value is -3.90. The number of hydrogen-bond acceptors (Lipinski definition) is 6. The van der Waals surface area contributed by atoms with Crippen molar-refractivity contribution in [3.63, 3.8) is 0 Å². The van der Waals surface area contributed by atoms with E-state index in [1.807, 2.05) is 0 Å². The van der Waals surface area contributed by atoms with Crippen LogP contribution in [0.2, 0.25) is 0 Å². The van der Waals surface area contributed by atoms with Gasteiger partial charge in [-0.3, -0.25) is 0 Å². The van der Waals surface area contributed by atoms with Crippen molar-refractivity contribution >= 4 is 21.5 Å². The third-order valence-electron chi connectivity index (χ3n) is 5.83. The summed E-state index contributed by atoms with van der Waals surface area (Å²) >= 11 is 0. The SMILES string of the molecule is CCN(Cc1ccc(OC)cc1)S(=O)(=O)c1ccc(Nc2ccc(C(F)(F)F)cn2)c(-c2cn(C)cn2)c1. The minimum absolute atomic E-state index is 0.0550. The van der Waals surface area contributed by atoms with Crippen molar-refractivity contribution in [2.45, 2.75) is 24.5 Å². The quantitative estimate of drug-likeness (QED) is 0.300. The lowest BCUT2D eigenvalue weighted by Crippen LogP contribution is -2.30. The first-order valence-corrected chi connectivity index (χ1v) is 13.0. The number of pyridine rings is 1. The van der Waals surface area contributed by atoms with Gasteiger partial charge in [-0.05, 0) is 48.0 Å². The van der Waals surface area contributed by atoms with Crippen molar-refractivity contribution in [3.8, 4) is 17.0 Å². The third-order valence-corrected chi connectivity index (χ3v) is 7.75. The highest BCUT2D eigenvalue weighted by molar-refractivity contribution is 7.89. The molecule has 1 N–H and O–H groups in total. The molecule has 0 amide bonds. The van der Waals surface area contributed by atoms with E-state index in [4.69, 9.17) is 4.74 Å². The van der Waals surface area contributed by atoms with Gasteiger partial charge in [0.25, 0.3) is 0 Å². The van der Waals surface area contributed by atoms with Gasteiger partial charge in [-0.1, -0.05) is 19.1 Å². The van der Waals surface area contributed by atoms with Gasteiger partial charge in [0.1, 0.15) is 11.6 Å². The first-order chi connectivity index (χ1) is 18.0. The normalized spacial score (nSPS) is 12.1. The minimum atomic E-state index is -4.50. The van der Waals surface area contributed by atoms with Crippen molar-refractivity contribution in [3.05, 3.63) is 84.4 Å². The molecule has 0 atom stereocenters. The molecule has 8 nitrogen and oxygen atoms in total. The molecule has 4 rings (SSSR count). The summed E-state index contributed by atoms with van der Waals surface area (Å²) in [4.78, 5) is 8.26. The number of nitrogens with one attached hydrogen (secondary N) is 1. The van der Waals surface area contributed by atoms with Crippen LogP contribution in [-0.4, -0.2) is 40.9 Å². The largest absolute Gasteiger partial charge is 0.497 e. The smallest absolute Gasteiger partial charge is 0.417 e. The molecule has 0 saturated heterocycles. The van der Waals surface area contributed by atoms with Gasteiger partial charge in [-0.25, -0.2) is 18.4 Å². The van der Waals surface area contributed by atoms with Crippen molar-refractivity contribution in [1.82, 2.24) is 18.8 Å². The van der Waals surface area contributed by atoms with Crippen LogP contribution in [0.5, 0.6) is 5.75 Å². The summed E-state index contributed by atoms with van der Waals surface area (Å²) < 4.78 is 74.2. The Balaban J connectivity index is 1.68. The Labute approximate surface area is 218 Å². The molecule has 0 aliphatic heterocycles. The summed E-state index contributed by atoms with van der Waals surface area (Å²) in [5.74, 6) is 0.839. The zero-order valence-corrected chi connectivity index (χ0v) is 21.7. The summed E-state index contributed by atoms with van der Waals surface area (Å²) in [6, 6.07) is 13.8. The molecule has 4 aromatic rings. The molecule has 0 aliphatic rings. The van der Waals surface area contributed by atoms with Crippen LogP contribution in [0.25, 0.3) is 11.3 Å². The van der Waals surface area contributed by atoms with E-state index in [1.54, 1.807) is 68.5 Å². The molecule has 0 radical (unpaired) electrons. The topological polar surface area (TPSA) is 89.4 Å². The van der Waals surface area contributed by atoms with Crippen LogP contribution >= 0.6 is 0 Å². The summed E-state index contributed by atoms with van der Waals surface area (Å²) in [5.41, 5.74) is 1.30. The Kier molecular flexibility index (Phi) is 7.74. The second-order valence-electron chi connectivity index (χ2n) is 8.47. The number of aryl methyl sites for hydroxylation is 1. The molecule has 0 aliphatic carbocycles. The summed E-state index contributed by atoms with van der Waals surface area (Å²) in [6.45, 7) is 2.16. The number of ether oxygens (including phenoxy) is 1. The number of rotatable bonds is 9. The summed E-state index contributed by atoms with van der Waals surface area (Å²) in [7, 11) is -0.569. The lowest BCUT2D eigenvalue weighted by Gasteiger charge is -2.22. The molecule has 200 valence electrons. The van der Waals surface area contributed by atoms with Crippen LogP contribution < -0.4 is 10.1 Å². The average molecular weight is 546 g/mol. The molecule has 0 spiro atoms. The van der Waals surface area contributed by atoms with Gasteiger partial charge in [0.05, 0.1) is 29.6 Å². The van der Waals surface area contributed by atoms with Crippen molar-refractivity contribution in [2.24, 2.45) is 7.05 Å². The zero-order valence-electron chi connectivity index (χ0n) is 20.9. The Morgan fingerprint density at radius 3 is 2.34 bits per heavy atom. The molecule has 0 fully saturated rings. The number of benzene rings is 2. The van der Waals surface area contributed by atoms with E-state index in [9.17, 15) is 21.6 Å². The van der Waals surface area contributed by atoms with Gasteiger partial charge in [-0.15, -0.1) is 0 Å². The number of sulfonamides is 1. The molecule has 0 bridgehead atoms. The van der Waals surface area contributed by atoms with Gasteiger partial charge >= 0.3 is 6.18 Å². The van der Waals surface area contributed by atoms with Crippen LogP contribution in [-0.2, 0) is 29.8 Å². The fourth-order valence-electron chi connectivity index (χ4n) is 3.78. The lowest BCUT2D eigenvalue weighted by molar-refractivity contribution is -0.137. The maximum atomic E-state index is 13.6. The highest BCUT2D eigenvalue weighted by Gasteiger charge is 2.31. The highest BCUT2D eigenvalue weighted by atomic mass is 32.2. The van der Waals surface area contributed by atoms with Gasteiger partial charge in [0.2, 0.25) is 10.0 Å². The second kappa shape index (κ2) is 10.8. The summed E-state index contributed by atoms with van der Waals surface area (Å²) in [6.07, 6.45) is -0.484. The highest BCUT2D eigenvalue weighted by Crippen LogP contribution is 2.34. The van der Waals surface area contributed by atoms with E-state index in [0.717, 1.165) is 17.8 Å². The minimum Gasteiger partial charge on any atom is -0.497 e. The molecular formula is C26H26F3N5O3S. The number of methoxy groups -OCH3 is 1. The fourth-order valence-corrected chi connectivity index (χ4v) is 5.24. The number of aromatic nitrogens is 3. The van der Waals surface area contributed by atoms with Crippen LogP contribution in [0, 0.1) is 0 Å². The van der Waals surface area contributed by atoms with Gasteiger partial charge in [0.15, 0.2) is 0 Å². The average Bonchev–Trinajstić information content (AvgIpc) is 3.33. The molecule has 0 saturated carbocycles. The van der Waals surface area contributed by atoms with Crippen LogP contribution in [0.4, 0.5) is 24.7 Å². The molecular weight excluding hydrogens is 519 g/mol. The molecule has 12 heteroatoms. The number of imidazole rings is 1. The fraction of sp³-hybridized carbons (Fsp3) is 0.231. The molecule has 2 heterocycles. The van der Waals surface area contributed by atoms with E-state index in [1.165, 1.54) is 22.5 Å². The van der Waals surface area contributed by atoms with E-state index in [2.05, 4.69) is 15.3 Å². The van der Waals surface area contributed by atoms with Crippen molar-refractivity contribution in [1.29, 1.82) is 0 Å². The second-order valence-corrected chi connectivity index (χ2v) is 10.4. The first-order valence-electron chi connectivity index (χ1n) is 11.6.